The highest BCUT2D eigenvalue weighted by Gasteiger charge is 2.13. The lowest BCUT2D eigenvalue weighted by Gasteiger charge is -2.04. The second kappa shape index (κ2) is 5.56. The van der Waals surface area contributed by atoms with Gasteiger partial charge in [0.25, 0.3) is 0 Å². The highest BCUT2D eigenvalue weighted by molar-refractivity contribution is 5.44. The van der Waals surface area contributed by atoms with Crippen molar-refractivity contribution < 1.29 is 18.6 Å². The van der Waals surface area contributed by atoms with Crippen molar-refractivity contribution in [1.82, 2.24) is 0 Å². The predicted octanol–water partition coefficient (Wildman–Crippen LogP) is 2.49. The third-order valence-corrected chi connectivity index (χ3v) is 3.24. The van der Waals surface area contributed by atoms with Gasteiger partial charge in [0.1, 0.15) is 18.1 Å². The fourth-order valence-corrected chi connectivity index (χ4v) is 2.16. The zero-order valence-corrected chi connectivity index (χ0v) is 11.3. The summed E-state index contributed by atoms with van der Waals surface area (Å²) < 4.78 is 21.8. The van der Waals surface area contributed by atoms with Gasteiger partial charge in [0, 0.05) is 12.1 Å². The first-order chi connectivity index (χ1) is 9.76. The second-order valence-corrected chi connectivity index (χ2v) is 4.68. The molecule has 106 valence electrons. The highest BCUT2D eigenvalue weighted by atomic mass is 16.7. The molecule has 1 aliphatic rings. The number of rotatable bonds is 5. The quantitative estimate of drug-likeness (QED) is 0.908. The Balaban J connectivity index is 1.57. The van der Waals surface area contributed by atoms with Crippen LogP contribution in [-0.2, 0) is 24.5 Å². The van der Waals surface area contributed by atoms with Gasteiger partial charge in [-0.25, -0.2) is 0 Å². The Morgan fingerprint density at radius 3 is 2.80 bits per heavy atom. The molecule has 1 aliphatic heterocycles. The molecule has 5 heteroatoms. The van der Waals surface area contributed by atoms with Crippen LogP contribution in [0.2, 0.25) is 0 Å². The van der Waals surface area contributed by atoms with Crippen LogP contribution >= 0.6 is 0 Å². The number of hydrogen-bond donors (Lipinski definition) is 1. The summed E-state index contributed by atoms with van der Waals surface area (Å²) in [6.45, 7) is 3.60. The molecule has 3 rings (SSSR count). The third-order valence-electron chi connectivity index (χ3n) is 3.24. The molecule has 20 heavy (non-hydrogen) atoms. The minimum Gasteiger partial charge on any atom is -0.464 e. The normalized spacial score (nSPS) is 12.9. The summed E-state index contributed by atoms with van der Waals surface area (Å²) in [5, 5.41) is 0. The van der Waals surface area contributed by atoms with Crippen molar-refractivity contribution in [3.63, 3.8) is 0 Å². The van der Waals surface area contributed by atoms with E-state index in [1.54, 1.807) is 0 Å². The molecule has 0 unspecified atom stereocenters. The molecule has 0 aliphatic carbocycles. The number of benzene rings is 1. The summed E-state index contributed by atoms with van der Waals surface area (Å²) in [6, 6.07) is 7.73. The molecule has 2 N–H and O–H groups in total. The number of hydrogen-bond acceptors (Lipinski definition) is 5. The number of aryl methyl sites for hydroxylation is 1. The summed E-state index contributed by atoms with van der Waals surface area (Å²) in [4.78, 5) is 0. The molecule has 2 aromatic rings. The third kappa shape index (κ3) is 2.64. The zero-order chi connectivity index (χ0) is 13.9. The molecular formula is C15H17NO4. The van der Waals surface area contributed by atoms with Crippen LogP contribution in [0.5, 0.6) is 11.5 Å². The van der Waals surface area contributed by atoms with Gasteiger partial charge in [-0.15, -0.1) is 0 Å². The fourth-order valence-electron chi connectivity index (χ4n) is 2.16. The summed E-state index contributed by atoms with van der Waals surface area (Å²) in [5.41, 5.74) is 7.67. The van der Waals surface area contributed by atoms with E-state index in [4.69, 9.17) is 24.4 Å². The SMILES string of the molecule is Cc1oc(COCc2ccc3c(c2)OCO3)cc1CN. The van der Waals surface area contributed by atoms with Crippen molar-refractivity contribution in [2.45, 2.75) is 26.7 Å². The van der Waals surface area contributed by atoms with Gasteiger partial charge in [-0.1, -0.05) is 6.07 Å². The standard InChI is InChI=1S/C15H17NO4/c1-10-12(6-16)5-13(20-10)8-17-7-11-2-3-14-15(4-11)19-9-18-14/h2-5H,6-9,16H2,1H3. The summed E-state index contributed by atoms with van der Waals surface area (Å²) in [5.74, 6) is 3.20. The van der Waals surface area contributed by atoms with E-state index in [1.807, 2.05) is 31.2 Å². The Morgan fingerprint density at radius 1 is 1.15 bits per heavy atom. The molecule has 0 spiro atoms. The minimum atomic E-state index is 0.285. The number of fused-ring (bicyclic) bond motifs is 1. The summed E-state index contributed by atoms with van der Waals surface area (Å²) >= 11 is 0. The predicted molar refractivity (Wildman–Crippen MR) is 72.4 cm³/mol. The molecule has 0 saturated heterocycles. The molecule has 0 fully saturated rings. The first-order valence-corrected chi connectivity index (χ1v) is 6.51. The van der Waals surface area contributed by atoms with Crippen molar-refractivity contribution in [2.24, 2.45) is 5.73 Å². The van der Waals surface area contributed by atoms with Gasteiger partial charge >= 0.3 is 0 Å². The number of nitrogens with two attached hydrogens (primary N) is 1. The van der Waals surface area contributed by atoms with Crippen LogP contribution in [0.4, 0.5) is 0 Å². The average molecular weight is 275 g/mol. The second-order valence-electron chi connectivity index (χ2n) is 4.68. The number of furan rings is 1. The van der Waals surface area contributed by atoms with Crippen LogP contribution in [0.1, 0.15) is 22.6 Å². The zero-order valence-electron chi connectivity index (χ0n) is 11.3. The van der Waals surface area contributed by atoms with Gasteiger partial charge in [-0.05, 0) is 30.7 Å². The van der Waals surface area contributed by atoms with E-state index in [0.717, 1.165) is 34.1 Å². The first kappa shape index (κ1) is 13.0. The molecule has 0 radical (unpaired) electrons. The molecule has 2 heterocycles. The molecule has 1 aromatic carbocycles. The van der Waals surface area contributed by atoms with E-state index in [0.29, 0.717) is 19.8 Å². The maximum Gasteiger partial charge on any atom is 0.231 e. The Bertz CT molecular complexity index is 606. The molecule has 0 atom stereocenters. The van der Waals surface area contributed by atoms with Crippen molar-refractivity contribution in [3.8, 4) is 11.5 Å². The van der Waals surface area contributed by atoms with Gasteiger partial charge in [-0.3, -0.25) is 0 Å². The van der Waals surface area contributed by atoms with Crippen molar-refractivity contribution >= 4 is 0 Å². The fraction of sp³-hybridized carbons (Fsp3) is 0.333. The summed E-state index contributed by atoms with van der Waals surface area (Å²) in [6.07, 6.45) is 0. The smallest absolute Gasteiger partial charge is 0.231 e. The van der Waals surface area contributed by atoms with Gasteiger partial charge < -0.3 is 24.4 Å². The molecule has 0 amide bonds. The Hall–Kier alpha value is -1.98. The van der Waals surface area contributed by atoms with Crippen molar-refractivity contribution in [3.05, 3.63) is 46.9 Å². The van der Waals surface area contributed by atoms with Crippen LogP contribution < -0.4 is 15.2 Å². The van der Waals surface area contributed by atoms with Crippen LogP contribution in [-0.4, -0.2) is 6.79 Å². The maximum atomic E-state index is 5.65. The largest absolute Gasteiger partial charge is 0.464 e. The van der Waals surface area contributed by atoms with Gasteiger partial charge in [-0.2, -0.15) is 0 Å². The van der Waals surface area contributed by atoms with Crippen LogP contribution in [0.25, 0.3) is 0 Å². The average Bonchev–Trinajstić information content (AvgIpc) is 3.04. The van der Waals surface area contributed by atoms with E-state index in [2.05, 4.69) is 0 Å². The van der Waals surface area contributed by atoms with Crippen LogP contribution in [0.3, 0.4) is 0 Å². The van der Waals surface area contributed by atoms with Gasteiger partial charge in [0.2, 0.25) is 6.79 Å². The molecule has 5 nitrogen and oxygen atoms in total. The Kier molecular flexibility index (Phi) is 3.62. The van der Waals surface area contributed by atoms with E-state index in [1.165, 1.54) is 0 Å². The number of ether oxygens (including phenoxy) is 3. The lowest BCUT2D eigenvalue weighted by molar-refractivity contribution is 0.0922. The molecule has 0 saturated carbocycles. The molecular weight excluding hydrogens is 258 g/mol. The topological polar surface area (TPSA) is 66.8 Å². The van der Waals surface area contributed by atoms with Crippen LogP contribution in [0.15, 0.2) is 28.7 Å². The minimum absolute atomic E-state index is 0.285. The van der Waals surface area contributed by atoms with Crippen molar-refractivity contribution in [1.29, 1.82) is 0 Å². The van der Waals surface area contributed by atoms with E-state index < -0.39 is 0 Å². The first-order valence-electron chi connectivity index (χ1n) is 6.51. The Morgan fingerprint density at radius 2 is 2.00 bits per heavy atom. The van der Waals surface area contributed by atoms with E-state index in [-0.39, 0.29) is 6.79 Å². The van der Waals surface area contributed by atoms with Crippen LogP contribution in [0, 0.1) is 6.92 Å². The van der Waals surface area contributed by atoms with Gasteiger partial charge in [0.15, 0.2) is 11.5 Å². The Labute approximate surface area is 117 Å². The maximum absolute atomic E-state index is 5.65. The van der Waals surface area contributed by atoms with E-state index in [9.17, 15) is 0 Å². The monoisotopic (exact) mass is 275 g/mol. The van der Waals surface area contributed by atoms with E-state index >= 15 is 0 Å². The van der Waals surface area contributed by atoms with Gasteiger partial charge in [0.05, 0.1) is 6.61 Å². The summed E-state index contributed by atoms with van der Waals surface area (Å²) in [7, 11) is 0. The molecule has 0 bridgehead atoms. The van der Waals surface area contributed by atoms with Crippen molar-refractivity contribution in [2.75, 3.05) is 6.79 Å². The molecule has 1 aromatic heterocycles. The highest BCUT2D eigenvalue weighted by Crippen LogP contribution is 2.32. The lowest BCUT2D eigenvalue weighted by Crippen LogP contribution is -1.95. The lowest BCUT2D eigenvalue weighted by atomic mass is 10.2.